The van der Waals surface area contributed by atoms with Crippen LogP contribution in [0.15, 0.2) is 65.7 Å². The lowest BCUT2D eigenvalue weighted by atomic mass is 10.1. The van der Waals surface area contributed by atoms with Crippen LogP contribution in [0.5, 0.6) is 5.75 Å². The van der Waals surface area contributed by atoms with Gasteiger partial charge in [-0.05, 0) is 54.4 Å². The third kappa shape index (κ3) is 4.47. The van der Waals surface area contributed by atoms with Crippen molar-refractivity contribution in [2.24, 2.45) is 0 Å². The molecule has 31 heavy (non-hydrogen) atoms. The fourth-order valence-corrected chi connectivity index (χ4v) is 4.67. The number of ether oxygens (including phenoxy) is 1. The smallest absolute Gasteiger partial charge is 0.271 e. The molecule has 0 saturated heterocycles. The Morgan fingerprint density at radius 3 is 2.68 bits per heavy atom. The minimum atomic E-state index is -0.289. The second-order valence-corrected chi connectivity index (χ2v) is 8.50. The zero-order chi connectivity index (χ0) is 22.0. The average molecular weight is 454 g/mol. The van der Waals surface area contributed by atoms with Crippen molar-refractivity contribution in [2.45, 2.75) is 19.5 Å². The topological polar surface area (TPSA) is 73.2 Å². The quantitative estimate of drug-likeness (QED) is 0.460. The number of methoxy groups -OCH3 is 1. The fraction of sp³-hybridized carbons (Fsp3) is 0.174. The second-order valence-electron chi connectivity index (χ2n) is 7.04. The number of fused-ring (bicyclic) bond motifs is 1. The van der Waals surface area contributed by atoms with Crippen molar-refractivity contribution in [1.82, 2.24) is 14.9 Å². The third-order valence-electron chi connectivity index (χ3n) is 4.94. The Morgan fingerprint density at radius 2 is 1.97 bits per heavy atom. The van der Waals surface area contributed by atoms with E-state index in [2.05, 4.69) is 10.3 Å². The van der Waals surface area contributed by atoms with Crippen LogP contribution in [0.2, 0.25) is 5.02 Å². The number of thiophene rings is 1. The van der Waals surface area contributed by atoms with Gasteiger partial charge in [0, 0.05) is 9.90 Å². The van der Waals surface area contributed by atoms with Gasteiger partial charge in [0.1, 0.15) is 17.0 Å². The first-order valence-electron chi connectivity index (χ1n) is 9.63. The van der Waals surface area contributed by atoms with Crippen molar-refractivity contribution in [1.29, 1.82) is 0 Å². The van der Waals surface area contributed by atoms with Gasteiger partial charge >= 0.3 is 0 Å². The van der Waals surface area contributed by atoms with E-state index in [0.29, 0.717) is 15.2 Å². The van der Waals surface area contributed by atoms with E-state index in [1.165, 1.54) is 22.2 Å². The molecular weight excluding hydrogens is 434 g/mol. The van der Waals surface area contributed by atoms with Crippen molar-refractivity contribution in [3.63, 3.8) is 0 Å². The molecule has 0 aliphatic heterocycles. The van der Waals surface area contributed by atoms with E-state index in [1.54, 1.807) is 13.2 Å². The van der Waals surface area contributed by atoms with E-state index in [9.17, 15) is 9.59 Å². The molecule has 0 saturated carbocycles. The number of hydrogen-bond acceptors (Lipinski definition) is 5. The summed E-state index contributed by atoms with van der Waals surface area (Å²) < 4.78 is 7.03. The summed E-state index contributed by atoms with van der Waals surface area (Å²) in [4.78, 5) is 30.8. The molecule has 2 aromatic heterocycles. The number of amides is 1. The largest absolute Gasteiger partial charge is 0.497 e. The lowest BCUT2D eigenvalue weighted by molar-refractivity contribution is -0.122. The van der Waals surface area contributed by atoms with Crippen LogP contribution in [0.3, 0.4) is 0 Å². The SMILES string of the molecule is COc1ccc(-c2cc3ncn(CC(=O)N[C@H](C)c4ccccc4Cl)c(=O)c3s2)cc1. The molecule has 0 bridgehead atoms. The van der Waals surface area contributed by atoms with Gasteiger partial charge in [0.2, 0.25) is 5.91 Å². The lowest BCUT2D eigenvalue weighted by Crippen LogP contribution is -2.33. The zero-order valence-corrected chi connectivity index (χ0v) is 18.5. The molecule has 158 valence electrons. The summed E-state index contributed by atoms with van der Waals surface area (Å²) >= 11 is 7.56. The molecule has 1 amide bonds. The fourth-order valence-electron chi connectivity index (χ4n) is 3.30. The third-order valence-corrected chi connectivity index (χ3v) is 6.45. The number of nitrogens with zero attached hydrogens (tertiary/aromatic N) is 2. The number of benzene rings is 2. The average Bonchev–Trinajstić information content (AvgIpc) is 3.21. The first-order valence-corrected chi connectivity index (χ1v) is 10.8. The van der Waals surface area contributed by atoms with Crippen LogP contribution in [0.1, 0.15) is 18.5 Å². The summed E-state index contributed by atoms with van der Waals surface area (Å²) in [5.41, 5.74) is 2.17. The van der Waals surface area contributed by atoms with Crippen LogP contribution in [0.4, 0.5) is 0 Å². The summed E-state index contributed by atoms with van der Waals surface area (Å²) in [6, 6.07) is 16.6. The van der Waals surface area contributed by atoms with Crippen LogP contribution in [0.25, 0.3) is 20.7 Å². The maximum Gasteiger partial charge on any atom is 0.271 e. The molecular formula is C23H20ClN3O3S. The van der Waals surface area contributed by atoms with Gasteiger partial charge in [0.25, 0.3) is 5.56 Å². The number of carbonyl (C=O) groups excluding carboxylic acids is 1. The molecule has 0 aliphatic carbocycles. The van der Waals surface area contributed by atoms with Gasteiger partial charge in [-0.25, -0.2) is 4.98 Å². The maximum absolute atomic E-state index is 12.9. The second kappa shape index (κ2) is 8.91. The van der Waals surface area contributed by atoms with Gasteiger partial charge in [0.05, 0.1) is 25.0 Å². The highest BCUT2D eigenvalue weighted by Gasteiger charge is 2.15. The minimum Gasteiger partial charge on any atom is -0.497 e. The summed E-state index contributed by atoms with van der Waals surface area (Å²) in [6.07, 6.45) is 1.41. The van der Waals surface area contributed by atoms with E-state index in [-0.39, 0.29) is 24.1 Å². The zero-order valence-electron chi connectivity index (χ0n) is 17.0. The molecule has 1 atom stereocenters. The van der Waals surface area contributed by atoms with Gasteiger partial charge in [-0.1, -0.05) is 29.8 Å². The molecule has 2 aromatic carbocycles. The number of aromatic nitrogens is 2. The number of halogens is 1. The minimum absolute atomic E-state index is 0.119. The molecule has 0 aliphatic rings. The summed E-state index contributed by atoms with van der Waals surface area (Å²) in [7, 11) is 1.62. The van der Waals surface area contributed by atoms with Gasteiger partial charge in [-0.15, -0.1) is 11.3 Å². The molecule has 2 heterocycles. The van der Waals surface area contributed by atoms with E-state index >= 15 is 0 Å². The highest BCUT2D eigenvalue weighted by molar-refractivity contribution is 7.22. The predicted molar refractivity (Wildman–Crippen MR) is 124 cm³/mol. The van der Waals surface area contributed by atoms with Crippen LogP contribution >= 0.6 is 22.9 Å². The van der Waals surface area contributed by atoms with Crippen molar-refractivity contribution in [3.05, 3.63) is 81.9 Å². The number of hydrogen-bond donors (Lipinski definition) is 1. The van der Waals surface area contributed by atoms with Gasteiger partial charge in [-0.3, -0.25) is 14.2 Å². The Bertz CT molecular complexity index is 1300. The first-order chi connectivity index (χ1) is 15.0. The summed E-state index contributed by atoms with van der Waals surface area (Å²) in [5, 5.41) is 3.47. The predicted octanol–water partition coefficient (Wildman–Crippen LogP) is 4.66. The monoisotopic (exact) mass is 453 g/mol. The summed E-state index contributed by atoms with van der Waals surface area (Å²) in [6.45, 7) is 1.73. The highest BCUT2D eigenvalue weighted by atomic mass is 35.5. The van der Waals surface area contributed by atoms with E-state index in [4.69, 9.17) is 16.3 Å². The molecule has 4 aromatic rings. The van der Waals surface area contributed by atoms with Crippen LogP contribution in [-0.4, -0.2) is 22.6 Å². The molecule has 6 nitrogen and oxygen atoms in total. The first kappa shape index (κ1) is 21.1. The van der Waals surface area contributed by atoms with Crippen molar-refractivity contribution >= 4 is 39.1 Å². The summed E-state index contributed by atoms with van der Waals surface area (Å²) in [5.74, 6) is 0.477. The number of carbonyl (C=O) groups is 1. The molecule has 0 unspecified atom stereocenters. The van der Waals surface area contributed by atoms with Crippen LogP contribution in [0, 0.1) is 0 Å². The van der Waals surface area contributed by atoms with E-state index < -0.39 is 0 Å². The van der Waals surface area contributed by atoms with Gasteiger partial charge in [-0.2, -0.15) is 0 Å². The molecule has 4 rings (SSSR count). The maximum atomic E-state index is 12.9. The Morgan fingerprint density at radius 1 is 1.23 bits per heavy atom. The van der Waals surface area contributed by atoms with Crippen molar-refractivity contribution < 1.29 is 9.53 Å². The standard InChI is InChI=1S/C23H20ClN3O3S/c1-14(17-5-3-4-6-18(17)24)26-21(28)12-27-13-25-19-11-20(31-22(19)23(27)29)15-7-9-16(30-2)10-8-15/h3-11,13-14H,12H2,1-2H3,(H,26,28)/t14-/m1/s1. The van der Waals surface area contributed by atoms with E-state index in [0.717, 1.165) is 21.8 Å². The Hall–Kier alpha value is -3.16. The number of nitrogens with one attached hydrogen (secondary N) is 1. The molecule has 0 fully saturated rings. The number of rotatable bonds is 6. The molecule has 0 radical (unpaired) electrons. The highest BCUT2D eigenvalue weighted by Crippen LogP contribution is 2.31. The Balaban J connectivity index is 1.54. The van der Waals surface area contributed by atoms with Crippen LogP contribution in [-0.2, 0) is 11.3 Å². The Labute approximate surface area is 188 Å². The Kier molecular flexibility index (Phi) is 6.06. The van der Waals surface area contributed by atoms with E-state index in [1.807, 2.05) is 55.5 Å². The molecule has 8 heteroatoms. The lowest BCUT2D eigenvalue weighted by Gasteiger charge is -2.16. The van der Waals surface area contributed by atoms with Gasteiger partial charge < -0.3 is 10.1 Å². The molecule has 0 spiro atoms. The van der Waals surface area contributed by atoms with Crippen molar-refractivity contribution in [3.8, 4) is 16.2 Å². The van der Waals surface area contributed by atoms with Gasteiger partial charge in [0.15, 0.2) is 0 Å². The van der Waals surface area contributed by atoms with Crippen LogP contribution < -0.4 is 15.6 Å². The normalized spacial score (nSPS) is 12.0. The van der Waals surface area contributed by atoms with Crippen molar-refractivity contribution in [2.75, 3.05) is 7.11 Å². The molecule has 1 N–H and O–H groups in total.